The van der Waals surface area contributed by atoms with Gasteiger partial charge in [-0.05, 0) is 17.7 Å². The smallest absolute Gasteiger partial charge is 0.341 e. The molecule has 0 amide bonds. The normalized spacial score (nSPS) is 11.7. The van der Waals surface area contributed by atoms with Gasteiger partial charge in [-0.2, -0.15) is 0 Å². The second kappa shape index (κ2) is 7.38. The van der Waals surface area contributed by atoms with Crippen LogP contribution >= 0.6 is 0 Å². The fourth-order valence-electron chi connectivity index (χ4n) is 1.52. The van der Waals surface area contributed by atoms with Crippen molar-refractivity contribution in [3.8, 4) is 5.75 Å². The zero-order chi connectivity index (χ0) is 14.3. The topological polar surface area (TPSA) is 82.1 Å². The molecule has 0 saturated carbocycles. The molecule has 1 unspecified atom stereocenters. The van der Waals surface area contributed by atoms with Crippen LogP contribution in [-0.4, -0.2) is 44.0 Å². The van der Waals surface area contributed by atoms with E-state index in [0.29, 0.717) is 12.2 Å². The number of rotatable bonds is 7. The number of hydrogen-bond donors (Lipinski definition) is 1. The molecule has 1 N–H and O–H groups in total. The number of carboxylic acids is 1. The van der Waals surface area contributed by atoms with Crippen LogP contribution in [0.1, 0.15) is 5.56 Å². The van der Waals surface area contributed by atoms with Gasteiger partial charge in [-0.25, -0.2) is 9.59 Å². The van der Waals surface area contributed by atoms with Crippen LogP contribution in [0.5, 0.6) is 5.75 Å². The van der Waals surface area contributed by atoms with Crippen LogP contribution in [0.15, 0.2) is 24.3 Å². The Bertz CT molecular complexity index is 443. The largest absolute Gasteiger partial charge is 0.482 e. The number of carbonyl (C=O) groups excluding carboxylic acids is 1. The third-order valence-electron chi connectivity index (χ3n) is 2.43. The third kappa shape index (κ3) is 4.97. The molecule has 19 heavy (non-hydrogen) atoms. The summed E-state index contributed by atoms with van der Waals surface area (Å²) in [5.74, 6) is -1.08. The number of carboxylic acid groups (broad SMARTS) is 1. The molecule has 0 aliphatic carbocycles. The van der Waals surface area contributed by atoms with Gasteiger partial charge < -0.3 is 19.3 Å². The first-order valence-electron chi connectivity index (χ1n) is 5.61. The Hall–Kier alpha value is -2.08. The average molecular weight is 268 g/mol. The monoisotopic (exact) mass is 268 g/mol. The summed E-state index contributed by atoms with van der Waals surface area (Å²) in [6.07, 6.45) is -0.368. The Morgan fingerprint density at radius 1 is 1.32 bits per heavy atom. The summed E-state index contributed by atoms with van der Waals surface area (Å²) in [5.41, 5.74) is 0.792. The number of benzene rings is 1. The van der Waals surface area contributed by atoms with E-state index in [0.717, 1.165) is 5.56 Å². The Balaban J connectivity index is 2.70. The van der Waals surface area contributed by atoms with E-state index in [1.165, 1.54) is 14.2 Å². The highest BCUT2D eigenvalue weighted by atomic mass is 16.6. The van der Waals surface area contributed by atoms with Gasteiger partial charge in [-0.15, -0.1) is 0 Å². The molecule has 0 aromatic heterocycles. The van der Waals surface area contributed by atoms with Crippen LogP contribution in [0.2, 0.25) is 0 Å². The maximum atomic E-state index is 11.4. The van der Waals surface area contributed by atoms with Gasteiger partial charge in [0.1, 0.15) is 5.75 Å². The first kappa shape index (κ1) is 15.0. The first-order chi connectivity index (χ1) is 9.06. The molecular weight excluding hydrogens is 252 g/mol. The molecule has 6 nitrogen and oxygen atoms in total. The van der Waals surface area contributed by atoms with E-state index in [1.54, 1.807) is 24.3 Å². The SMILES string of the molecule is COC(=O)C(Cc1cccc(OCC(=O)O)c1)OC. The van der Waals surface area contributed by atoms with Crippen LogP contribution in [0.25, 0.3) is 0 Å². The standard InChI is InChI=1S/C13H16O6/c1-17-11(13(16)18-2)7-9-4-3-5-10(6-9)19-8-12(14)15/h3-6,11H,7-8H2,1-2H3,(H,14,15). The van der Waals surface area contributed by atoms with Crippen LogP contribution in [0, 0.1) is 0 Å². The van der Waals surface area contributed by atoms with Gasteiger partial charge in [-0.1, -0.05) is 12.1 Å². The minimum absolute atomic E-state index is 0.327. The predicted octanol–water partition coefficient (Wildman–Crippen LogP) is 0.880. The highest BCUT2D eigenvalue weighted by molar-refractivity contribution is 5.75. The van der Waals surface area contributed by atoms with E-state index < -0.39 is 24.6 Å². The van der Waals surface area contributed by atoms with Crippen LogP contribution in [0.3, 0.4) is 0 Å². The van der Waals surface area contributed by atoms with Crippen LogP contribution < -0.4 is 4.74 Å². The highest BCUT2D eigenvalue weighted by Crippen LogP contribution is 2.15. The molecule has 6 heteroatoms. The molecule has 0 heterocycles. The lowest BCUT2D eigenvalue weighted by Gasteiger charge is -2.13. The maximum absolute atomic E-state index is 11.4. The summed E-state index contributed by atoms with van der Waals surface area (Å²) >= 11 is 0. The van der Waals surface area contributed by atoms with E-state index in [1.807, 2.05) is 0 Å². The molecule has 1 aromatic rings. The predicted molar refractivity (Wildman–Crippen MR) is 66.1 cm³/mol. The molecule has 1 rings (SSSR count). The minimum atomic E-state index is -1.05. The zero-order valence-electron chi connectivity index (χ0n) is 10.8. The molecule has 0 spiro atoms. The maximum Gasteiger partial charge on any atom is 0.341 e. The summed E-state index contributed by atoms with van der Waals surface area (Å²) in [6, 6.07) is 6.82. The number of ether oxygens (including phenoxy) is 3. The van der Waals surface area contributed by atoms with E-state index in [4.69, 9.17) is 14.6 Å². The molecule has 0 radical (unpaired) electrons. The van der Waals surface area contributed by atoms with Gasteiger partial charge in [0.15, 0.2) is 12.7 Å². The van der Waals surface area contributed by atoms with Crippen LogP contribution in [-0.2, 0) is 25.5 Å². The van der Waals surface area contributed by atoms with Gasteiger partial charge in [0.2, 0.25) is 0 Å². The van der Waals surface area contributed by atoms with E-state index in [9.17, 15) is 9.59 Å². The van der Waals surface area contributed by atoms with Gasteiger partial charge >= 0.3 is 11.9 Å². The molecule has 0 aliphatic heterocycles. The molecule has 0 bridgehead atoms. The molecule has 1 aromatic carbocycles. The molecule has 104 valence electrons. The summed E-state index contributed by atoms with van der Waals surface area (Å²) in [6.45, 7) is -0.409. The van der Waals surface area contributed by atoms with E-state index in [-0.39, 0.29) is 0 Å². The molecule has 0 aliphatic rings. The third-order valence-corrected chi connectivity index (χ3v) is 2.43. The lowest BCUT2D eigenvalue weighted by molar-refractivity contribution is -0.152. The fraction of sp³-hybridized carbons (Fsp3) is 0.385. The second-order valence-corrected chi connectivity index (χ2v) is 3.78. The van der Waals surface area contributed by atoms with Gasteiger partial charge in [-0.3, -0.25) is 0 Å². The van der Waals surface area contributed by atoms with Crippen molar-refractivity contribution in [2.24, 2.45) is 0 Å². The highest BCUT2D eigenvalue weighted by Gasteiger charge is 2.18. The number of carbonyl (C=O) groups is 2. The van der Waals surface area contributed by atoms with Gasteiger partial charge in [0.05, 0.1) is 7.11 Å². The minimum Gasteiger partial charge on any atom is -0.482 e. The zero-order valence-corrected chi connectivity index (χ0v) is 10.8. The number of hydrogen-bond acceptors (Lipinski definition) is 5. The van der Waals surface area contributed by atoms with Gasteiger partial charge in [0, 0.05) is 13.5 Å². The van der Waals surface area contributed by atoms with Crippen molar-refractivity contribution in [3.05, 3.63) is 29.8 Å². The van der Waals surface area contributed by atoms with Crippen molar-refractivity contribution in [1.82, 2.24) is 0 Å². The van der Waals surface area contributed by atoms with Crippen LogP contribution in [0.4, 0.5) is 0 Å². The van der Waals surface area contributed by atoms with E-state index >= 15 is 0 Å². The summed E-state index contributed by atoms with van der Waals surface area (Å²) < 4.78 is 14.7. The second-order valence-electron chi connectivity index (χ2n) is 3.78. The Morgan fingerprint density at radius 3 is 2.63 bits per heavy atom. The lowest BCUT2D eigenvalue weighted by atomic mass is 10.1. The lowest BCUT2D eigenvalue weighted by Crippen LogP contribution is -2.26. The fourth-order valence-corrected chi connectivity index (χ4v) is 1.52. The van der Waals surface area contributed by atoms with Crippen molar-refractivity contribution in [2.75, 3.05) is 20.8 Å². The van der Waals surface area contributed by atoms with Gasteiger partial charge in [0.25, 0.3) is 0 Å². The Labute approximate surface area is 110 Å². The number of methoxy groups -OCH3 is 2. The molecule has 1 atom stereocenters. The van der Waals surface area contributed by atoms with Crippen molar-refractivity contribution in [3.63, 3.8) is 0 Å². The summed E-state index contributed by atoms with van der Waals surface area (Å²) in [7, 11) is 2.72. The number of esters is 1. The van der Waals surface area contributed by atoms with Crippen molar-refractivity contribution < 1.29 is 28.9 Å². The summed E-state index contributed by atoms with van der Waals surface area (Å²) in [5, 5.41) is 8.53. The molecular formula is C13H16O6. The van der Waals surface area contributed by atoms with Crippen molar-refractivity contribution in [2.45, 2.75) is 12.5 Å². The Morgan fingerprint density at radius 2 is 2.05 bits per heavy atom. The average Bonchev–Trinajstić information content (AvgIpc) is 2.42. The molecule has 0 fully saturated rings. The Kier molecular flexibility index (Phi) is 5.81. The quantitative estimate of drug-likeness (QED) is 0.739. The van der Waals surface area contributed by atoms with Crippen molar-refractivity contribution >= 4 is 11.9 Å². The summed E-state index contributed by atoms with van der Waals surface area (Å²) in [4.78, 5) is 21.8. The first-order valence-corrected chi connectivity index (χ1v) is 5.61. The molecule has 0 saturated heterocycles. The van der Waals surface area contributed by atoms with Crippen molar-refractivity contribution in [1.29, 1.82) is 0 Å². The number of aliphatic carboxylic acids is 1. The van der Waals surface area contributed by atoms with E-state index in [2.05, 4.69) is 4.74 Å².